The van der Waals surface area contributed by atoms with Gasteiger partial charge in [-0.1, -0.05) is 0 Å². The number of hydrogen-bond donors (Lipinski definition) is 2. The molecule has 1 aromatic carbocycles. The predicted octanol–water partition coefficient (Wildman–Crippen LogP) is 1.39. The van der Waals surface area contributed by atoms with E-state index >= 15 is 0 Å². The van der Waals surface area contributed by atoms with Gasteiger partial charge in [0.2, 0.25) is 5.91 Å². The van der Waals surface area contributed by atoms with Crippen LogP contribution in [0.3, 0.4) is 0 Å². The molecule has 0 spiro atoms. The highest BCUT2D eigenvalue weighted by Crippen LogP contribution is 2.20. The normalized spacial score (nSPS) is 12.3. The van der Waals surface area contributed by atoms with Crippen LogP contribution in [-0.4, -0.2) is 11.9 Å². The molecule has 3 nitrogen and oxygen atoms in total. The lowest BCUT2D eigenvalue weighted by Crippen LogP contribution is -2.33. The largest absolute Gasteiger partial charge is 0.320 e. The predicted molar refractivity (Wildman–Crippen MR) is 48.6 cm³/mol. The van der Waals surface area contributed by atoms with E-state index in [0.29, 0.717) is 12.1 Å². The minimum absolute atomic E-state index is 0.472. The maximum atomic E-state index is 13.0. The third-order valence-corrected chi connectivity index (χ3v) is 1.67. The van der Waals surface area contributed by atoms with Crippen LogP contribution in [0, 0.1) is 17.5 Å². The monoisotopic (exact) mass is 218 g/mol. The molecule has 6 heteroatoms. The summed E-state index contributed by atoms with van der Waals surface area (Å²) in [6, 6.07) is 0.0357. The topological polar surface area (TPSA) is 55.1 Å². The number of carbonyl (C=O) groups is 1. The van der Waals surface area contributed by atoms with Gasteiger partial charge in [-0.15, -0.1) is 0 Å². The van der Waals surface area contributed by atoms with E-state index in [2.05, 4.69) is 0 Å². The number of carbonyl (C=O) groups excluding carboxylic acids is 1. The van der Waals surface area contributed by atoms with Crippen LogP contribution in [0.5, 0.6) is 0 Å². The van der Waals surface area contributed by atoms with Gasteiger partial charge >= 0.3 is 0 Å². The molecule has 1 aromatic rings. The molecule has 0 saturated heterocycles. The van der Waals surface area contributed by atoms with Gasteiger partial charge in [0, 0.05) is 12.1 Å². The zero-order valence-electron chi connectivity index (χ0n) is 7.85. The van der Waals surface area contributed by atoms with Crippen molar-refractivity contribution in [2.75, 3.05) is 5.32 Å². The molecule has 1 amide bonds. The summed E-state index contributed by atoms with van der Waals surface area (Å²) in [4.78, 5) is 11.0. The Labute approximate surface area is 84.1 Å². The number of benzene rings is 1. The van der Waals surface area contributed by atoms with Gasteiger partial charge in [-0.2, -0.15) is 0 Å². The van der Waals surface area contributed by atoms with Crippen molar-refractivity contribution in [3.63, 3.8) is 0 Å². The van der Waals surface area contributed by atoms with Gasteiger partial charge in [-0.05, 0) is 6.92 Å². The molecule has 0 fully saturated rings. The van der Waals surface area contributed by atoms with Gasteiger partial charge in [0.15, 0.2) is 11.6 Å². The molecule has 15 heavy (non-hydrogen) atoms. The number of amides is 1. The molecule has 1 rings (SSSR count). The summed E-state index contributed by atoms with van der Waals surface area (Å²) in [6.45, 7) is 1.36. The van der Waals surface area contributed by atoms with Gasteiger partial charge < -0.3 is 11.1 Å². The second-order valence-corrected chi connectivity index (χ2v) is 3.02. The van der Waals surface area contributed by atoms with Gasteiger partial charge in [-0.3, -0.25) is 4.79 Å². The van der Waals surface area contributed by atoms with E-state index in [1.807, 2.05) is 5.32 Å². The Morgan fingerprint density at radius 2 is 1.80 bits per heavy atom. The third kappa shape index (κ3) is 2.69. The van der Waals surface area contributed by atoms with Crippen molar-refractivity contribution in [1.82, 2.24) is 0 Å². The Hall–Kier alpha value is -1.56. The first-order valence-corrected chi connectivity index (χ1v) is 4.13. The molecule has 3 N–H and O–H groups in total. The summed E-state index contributed by atoms with van der Waals surface area (Å²) < 4.78 is 38.5. The van der Waals surface area contributed by atoms with Crippen LogP contribution in [0.4, 0.5) is 18.9 Å². The van der Waals surface area contributed by atoms with Crippen LogP contribution < -0.4 is 11.1 Å². The van der Waals surface area contributed by atoms with Crippen molar-refractivity contribution in [1.29, 1.82) is 0 Å². The lowest BCUT2D eigenvalue weighted by atomic mass is 10.2. The first kappa shape index (κ1) is 11.5. The molecule has 0 heterocycles. The van der Waals surface area contributed by atoms with Crippen molar-refractivity contribution in [2.45, 2.75) is 13.0 Å². The van der Waals surface area contributed by atoms with Crippen LogP contribution in [0.2, 0.25) is 0 Å². The molecular weight excluding hydrogens is 209 g/mol. The van der Waals surface area contributed by atoms with Crippen LogP contribution in [0.25, 0.3) is 0 Å². The molecule has 0 aromatic heterocycles. The summed E-state index contributed by atoms with van der Waals surface area (Å²) in [5, 5.41) is 1.92. The van der Waals surface area contributed by atoms with Crippen LogP contribution in [-0.2, 0) is 4.79 Å². The molecule has 0 aliphatic heterocycles. The Bertz CT molecular complexity index is 370. The van der Waals surface area contributed by atoms with Crippen molar-refractivity contribution in [3.8, 4) is 0 Å². The standard InChI is InChI=1S/C9H9F3N2O/c1-4(13)9(15)14-8-6(11)2-5(10)3-7(8)12/h2-4H,13H2,1H3,(H,14,15). The highest BCUT2D eigenvalue weighted by molar-refractivity contribution is 5.94. The molecule has 0 aliphatic rings. The second kappa shape index (κ2) is 4.31. The number of hydrogen-bond acceptors (Lipinski definition) is 2. The Morgan fingerprint density at radius 1 is 1.33 bits per heavy atom. The fourth-order valence-corrected chi connectivity index (χ4v) is 0.899. The van der Waals surface area contributed by atoms with E-state index in [1.165, 1.54) is 6.92 Å². The Morgan fingerprint density at radius 3 is 2.20 bits per heavy atom. The molecule has 1 unspecified atom stereocenters. The number of nitrogens with one attached hydrogen (secondary N) is 1. The fourth-order valence-electron chi connectivity index (χ4n) is 0.899. The third-order valence-electron chi connectivity index (χ3n) is 1.67. The van der Waals surface area contributed by atoms with Crippen molar-refractivity contribution in [3.05, 3.63) is 29.6 Å². The summed E-state index contributed by atoms with van der Waals surface area (Å²) in [5.41, 5.74) is 4.49. The lowest BCUT2D eigenvalue weighted by Gasteiger charge is -2.09. The number of rotatable bonds is 2. The Kier molecular flexibility index (Phi) is 3.31. The maximum absolute atomic E-state index is 13.0. The molecule has 0 aliphatic carbocycles. The van der Waals surface area contributed by atoms with E-state index in [-0.39, 0.29) is 0 Å². The number of halogens is 3. The van der Waals surface area contributed by atoms with Crippen molar-refractivity contribution in [2.24, 2.45) is 5.73 Å². The summed E-state index contributed by atoms with van der Waals surface area (Å²) in [7, 11) is 0. The minimum atomic E-state index is -1.18. The second-order valence-electron chi connectivity index (χ2n) is 3.02. The molecule has 0 radical (unpaired) electrons. The highest BCUT2D eigenvalue weighted by atomic mass is 19.1. The molecule has 82 valence electrons. The first-order chi connectivity index (χ1) is 6.91. The summed E-state index contributed by atoms with van der Waals surface area (Å²) in [5.74, 6) is -4.16. The fraction of sp³-hybridized carbons (Fsp3) is 0.222. The number of nitrogens with two attached hydrogens (primary N) is 1. The molecule has 0 bridgehead atoms. The van der Waals surface area contributed by atoms with Crippen molar-refractivity contribution < 1.29 is 18.0 Å². The Balaban J connectivity index is 3.00. The van der Waals surface area contributed by atoms with Crippen LogP contribution in [0.1, 0.15) is 6.92 Å². The average molecular weight is 218 g/mol. The quantitative estimate of drug-likeness (QED) is 0.788. The van der Waals surface area contributed by atoms with Crippen LogP contribution in [0.15, 0.2) is 12.1 Å². The van der Waals surface area contributed by atoms with Gasteiger partial charge in [-0.25, -0.2) is 13.2 Å². The van der Waals surface area contributed by atoms with E-state index in [0.717, 1.165) is 0 Å². The zero-order chi connectivity index (χ0) is 11.6. The van der Waals surface area contributed by atoms with Crippen molar-refractivity contribution >= 4 is 11.6 Å². The molecular formula is C9H9F3N2O. The highest BCUT2D eigenvalue weighted by Gasteiger charge is 2.15. The van der Waals surface area contributed by atoms with Gasteiger partial charge in [0.05, 0.1) is 6.04 Å². The van der Waals surface area contributed by atoms with Crippen LogP contribution >= 0.6 is 0 Å². The summed E-state index contributed by atoms with van der Waals surface area (Å²) in [6.07, 6.45) is 0. The molecule has 0 saturated carbocycles. The van der Waals surface area contributed by atoms with E-state index < -0.39 is 35.1 Å². The number of anilines is 1. The molecule has 1 atom stereocenters. The van der Waals surface area contributed by atoms with Gasteiger partial charge in [0.25, 0.3) is 0 Å². The maximum Gasteiger partial charge on any atom is 0.241 e. The van der Waals surface area contributed by atoms with E-state index in [1.54, 1.807) is 0 Å². The SMILES string of the molecule is CC(N)C(=O)Nc1c(F)cc(F)cc1F. The summed E-state index contributed by atoms with van der Waals surface area (Å²) >= 11 is 0. The first-order valence-electron chi connectivity index (χ1n) is 4.13. The van der Waals surface area contributed by atoms with Gasteiger partial charge in [0.1, 0.15) is 11.5 Å². The van der Waals surface area contributed by atoms with E-state index in [4.69, 9.17) is 5.73 Å². The zero-order valence-corrected chi connectivity index (χ0v) is 7.85. The van der Waals surface area contributed by atoms with E-state index in [9.17, 15) is 18.0 Å². The minimum Gasteiger partial charge on any atom is -0.320 e. The lowest BCUT2D eigenvalue weighted by molar-refractivity contribution is -0.117. The average Bonchev–Trinajstić information content (AvgIpc) is 2.10. The smallest absolute Gasteiger partial charge is 0.241 e.